The van der Waals surface area contributed by atoms with Crippen molar-refractivity contribution < 1.29 is 4.79 Å². The average molecular weight is 320 g/mol. The third kappa shape index (κ3) is 3.03. The molecule has 2 aromatic rings. The Balaban J connectivity index is 1.72. The van der Waals surface area contributed by atoms with Crippen molar-refractivity contribution >= 4 is 11.6 Å². The SMILES string of the molecule is Cc1ccc2c(c1)CCCN2[C@H](C(=O)NC1CC1)c1ccccc1. The smallest absolute Gasteiger partial charge is 0.247 e. The fraction of sp³-hybridized carbons (Fsp3) is 0.381. The molecule has 0 unspecified atom stereocenters. The molecule has 24 heavy (non-hydrogen) atoms. The van der Waals surface area contributed by atoms with E-state index < -0.39 is 0 Å². The van der Waals surface area contributed by atoms with Crippen LogP contribution in [-0.2, 0) is 11.2 Å². The van der Waals surface area contributed by atoms with E-state index in [0.717, 1.165) is 37.8 Å². The molecule has 1 saturated carbocycles. The highest BCUT2D eigenvalue weighted by Gasteiger charge is 2.34. The van der Waals surface area contributed by atoms with Gasteiger partial charge in [0.05, 0.1) is 0 Å². The number of hydrogen-bond donors (Lipinski definition) is 1. The van der Waals surface area contributed by atoms with Crippen molar-refractivity contribution in [1.29, 1.82) is 0 Å². The molecule has 1 N–H and O–H groups in total. The van der Waals surface area contributed by atoms with Gasteiger partial charge in [-0.2, -0.15) is 0 Å². The number of fused-ring (bicyclic) bond motifs is 1. The van der Waals surface area contributed by atoms with Gasteiger partial charge in [-0.15, -0.1) is 0 Å². The van der Waals surface area contributed by atoms with Crippen molar-refractivity contribution in [2.75, 3.05) is 11.4 Å². The van der Waals surface area contributed by atoms with E-state index in [9.17, 15) is 4.79 Å². The van der Waals surface area contributed by atoms with Crippen LogP contribution in [0.25, 0.3) is 0 Å². The van der Waals surface area contributed by atoms with Gasteiger partial charge in [-0.3, -0.25) is 4.79 Å². The Kier molecular flexibility index (Phi) is 4.01. The molecule has 1 fully saturated rings. The van der Waals surface area contributed by atoms with E-state index >= 15 is 0 Å². The molecule has 2 aromatic carbocycles. The summed E-state index contributed by atoms with van der Waals surface area (Å²) in [5.41, 5.74) is 4.94. The van der Waals surface area contributed by atoms with Crippen LogP contribution >= 0.6 is 0 Å². The molecule has 1 amide bonds. The van der Waals surface area contributed by atoms with Crippen LogP contribution in [0, 0.1) is 6.92 Å². The summed E-state index contributed by atoms with van der Waals surface area (Å²) < 4.78 is 0. The van der Waals surface area contributed by atoms with Gasteiger partial charge in [0.25, 0.3) is 0 Å². The number of rotatable bonds is 4. The summed E-state index contributed by atoms with van der Waals surface area (Å²) in [5.74, 6) is 0.136. The third-order valence-electron chi connectivity index (χ3n) is 4.99. The summed E-state index contributed by atoms with van der Waals surface area (Å²) >= 11 is 0. The Labute approximate surface area is 143 Å². The number of hydrogen-bond acceptors (Lipinski definition) is 2. The summed E-state index contributed by atoms with van der Waals surface area (Å²) in [6, 6.07) is 16.9. The highest BCUT2D eigenvalue weighted by Crippen LogP contribution is 2.35. The van der Waals surface area contributed by atoms with Gasteiger partial charge in [0.15, 0.2) is 0 Å². The molecule has 3 heteroatoms. The van der Waals surface area contributed by atoms with Gasteiger partial charge in [-0.1, -0.05) is 48.0 Å². The lowest BCUT2D eigenvalue weighted by molar-refractivity contribution is -0.122. The summed E-state index contributed by atoms with van der Waals surface area (Å²) in [6.07, 6.45) is 4.42. The van der Waals surface area contributed by atoms with E-state index in [1.807, 2.05) is 18.2 Å². The topological polar surface area (TPSA) is 32.3 Å². The standard InChI is InChI=1S/C21H24N2O/c1-15-9-12-19-17(14-15)8-5-13-23(19)20(16-6-3-2-4-7-16)21(24)22-18-10-11-18/h2-4,6-7,9,12,14,18,20H,5,8,10-11,13H2,1H3,(H,22,24)/t20-/m0/s1. The molecule has 2 aliphatic rings. The predicted octanol–water partition coefficient (Wildman–Crippen LogP) is 3.77. The van der Waals surface area contributed by atoms with Gasteiger partial charge in [0.2, 0.25) is 5.91 Å². The molecule has 1 aliphatic carbocycles. The van der Waals surface area contributed by atoms with E-state index in [0.29, 0.717) is 6.04 Å². The molecular weight excluding hydrogens is 296 g/mol. The number of carbonyl (C=O) groups is 1. The number of aryl methyl sites for hydroxylation is 2. The quantitative estimate of drug-likeness (QED) is 0.930. The maximum Gasteiger partial charge on any atom is 0.247 e. The van der Waals surface area contributed by atoms with Crippen molar-refractivity contribution in [2.45, 2.75) is 44.7 Å². The van der Waals surface area contributed by atoms with E-state index in [-0.39, 0.29) is 11.9 Å². The van der Waals surface area contributed by atoms with Crippen molar-refractivity contribution in [3.8, 4) is 0 Å². The van der Waals surface area contributed by atoms with Crippen molar-refractivity contribution in [3.05, 3.63) is 65.2 Å². The molecule has 1 aliphatic heterocycles. The zero-order chi connectivity index (χ0) is 16.5. The van der Waals surface area contributed by atoms with E-state index in [4.69, 9.17) is 0 Å². The van der Waals surface area contributed by atoms with Crippen LogP contribution < -0.4 is 10.2 Å². The summed E-state index contributed by atoms with van der Waals surface area (Å²) in [4.78, 5) is 15.3. The zero-order valence-corrected chi connectivity index (χ0v) is 14.2. The molecule has 0 radical (unpaired) electrons. The van der Waals surface area contributed by atoms with Gasteiger partial charge in [-0.25, -0.2) is 0 Å². The van der Waals surface area contributed by atoms with Gasteiger partial charge >= 0.3 is 0 Å². The molecule has 124 valence electrons. The number of nitrogens with zero attached hydrogens (tertiary/aromatic N) is 1. The highest BCUT2D eigenvalue weighted by molar-refractivity contribution is 5.87. The van der Waals surface area contributed by atoms with Crippen LogP contribution in [0.1, 0.15) is 42.0 Å². The average Bonchev–Trinajstić information content (AvgIpc) is 3.40. The number of anilines is 1. The minimum Gasteiger partial charge on any atom is -0.356 e. The molecule has 4 rings (SSSR count). The predicted molar refractivity (Wildman–Crippen MR) is 97.2 cm³/mol. The van der Waals surface area contributed by atoms with Crippen molar-refractivity contribution in [3.63, 3.8) is 0 Å². The first-order chi connectivity index (χ1) is 11.7. The second-order valence-corrected chi connectivity index (χ2v) is 7.03. The number of amides is 1. The first-order valence-corrected chi connectivity index (χ1v) is 8.94. The summed E-state index contributed by atoms with van der Waals surface area (Å²) in [5, 5.41) is 3.21. The van der Waals surface area contributed by atoms with Crippen LogP contribution in [0.4, 0.5) is 5.69 Å². The Morgan fingerprint density at radius 1 is 1.17 bits per heavy atom. The molecule has 0 aromatic heterocycles. The van der Waals surface area contributed by atoms with Gasteiger partial charge in [-0.05, 0) is 49.8 Å². The van der Waals surface area contributed by atoms with Crippen LogP contribution in [-0.4, -0.2) is 18.5 Å². The van der Waals surface area contributed by atoms with E-state index in [2.05, 4.69) is 47.5 Å². The fourth-order valence-corrected chi connectivity index (χ4v) is 3.64. The lowest BCUT2D eigenvalue weighted by Gasteiger charge is -2.37. The normalized spacial score (nSPS) is 18.0. The lowest BCUT2D eigenvalue weighted by Crippen LogP contribution is -2.43. The van der Waals surface area contributed by atoms with E-state index in [1.54, 1.807) is 0 Å². The molecule has 1 heterocycles. The Hall–Kier alpha value is -2.29. The van der Waals surface area contributed by atoms with Crippen LogP contribution in [0.3, 0.4) is 0 Å². The largest absolute Gasteiger partial charge is 0.356 e. The zero-order valence-electron chi connectivity index (χ0n) is 14.2. The van der Waals surface area contributed by atoms with Crippen LogP contribution in [0.2, 0.25) is 0 Å². The molecule has 1 atom stereocenters. The van der Waals surface area contributed by atoms with Crippen molar-refractivity contribution in [1.82, 2.24) is 5.32 Å². The molecule has 3 nitrogen and oxygen atoms in total. The molecule has 0 saturated heterocycles. The Morgan fingerprint density at radius 2 is 1.96 bits per heavy atom. The molecule has 0 bridgehead atoms. The van der Waals surface area contributed by atoms with Crippen LogP contribution in [0.15, 0.2) is 48.5 Å². The van der Waals surface area contributed by atoms with Crippen LogP contribution in [0.5, 0.6) is 0 Å². The monoisotopic (exact) mass is 320 g/mol. The minimum absolute atomic E-state index is 0.136. The highest BCUT2D eigenvalue weighted by atomic mass is 16.2. The lowest BCUT2D eigenvalue weighted by atomic mass is 9.95. The van der Waals surface area contributed by atoms with Gasteiger partial charge in [0.1, 0.15) is 6.04 Å². The third-order valence-corrected chi connectivity index (χ3v) is 4.99. The first kappa shape index (κ1) is 15.3. The summed E-state index contributed by atoms with van der Waals surface area (Å²) in [6.45, 7) is 3.06. The van der Waals surface area contributed by atoms with Gasteiger partial charge < -0.3 is 10.2 Å². The maximum absolute atomic E-state index is 13.0. The number of carbonyl (C=O) groups excluding carboxylic acids is 1. The number of benzene rings is 2. The second kappa shape index (κ2) is 6.31. The molecule has 0 spiro atoms. The molecular formula is C21H24N2O. The van der Waals surface area contributed by atoms with Gasteiger partial charge in [0, 0.05) is 18.3 Å². The summed E-state index contributed by atoms with van der Waals surface area (Å²) in [7, 11) is 0. The minimum atomic E-state index is -0.242. The fourth-order valence-electron chi connectivity index (χ4n) is 3.64. The number of nitrogens with one attached hydrogen (secondary N) is 1. The maximum atomic E-state index is 13.0. The Morgan fingerprint density at radius 3 is 2.71 bits per heavy atom. The Bertz CT molecular complexity index is 737. The van der Waals surface area contributed by atoms with E-state index in [1.165, 1.54) is 16.8 Å². The second-order valence-electron chi connectivity index (χ2n) is 7.03. The van der Waals surface area contributed by atoms with Crippen molar-refractivity contribution in [2.24, 2.45) is 0 Å². The first-order valence-electron chi connectivity index (χ1n) is 8.94.